The molecule has 51 heavy (non-hydrogen) atoms. The molecule has 10 rings (SSSR count). The summed E-state index contributed by atoms with van der Waals surface area (Å²) >= 11 is 1.84. The van der Waals surface area contributed by atoms with Gasteiger partial charge in [0.15, 0.2) is 0 Å². The van der Waals surface area contributed by atoms with Crippen molar-refractivity contribution in [3.8, 4) is 11.1 Å². The summed E-state index contributed by atoms with van der Waals surface area (Å²) in [5, 5.41) is 4.76. The van der Waals surface area contributed by atoms with Crippen molar-refractivity contribution in [3.05, 3.63) is 174 Å². The van der Waals surface area contributed by atoms with Gasteiger partial charge in [-0.2, -0.15) is 0 Å². The van der Waals surface area contributed by atoms with E-state index < -0.39 is 0 Å². The molecule has 8 aromatic rings. The summed E-state index contributed by atoms with van der Waals surface area (Å²) in [7, 11) is 0. The highest BCUT2D eigenvalue weighted by Gasteiger charge is 2.29. The third-order valence-electron chi connectivity index (χ3n) is 11.0. The number of hydrogen-bond donors (Lipinski definition) is 0. The second-order valence-electron chi connectivity index (χ2n) is 14.0. The van der Waals surface area contributed by atoms with E-state index in [1.807, 2.05) is 11.8 Å². The summed E-state index contributed by atoms with van der Waals surface area (Å²) in [6.07, 6.45) is 6.68. The summed E-state index contributed by atoms with van der Waals surface area (Å²) in [4.78, 5) is 5.14. The molecule has 1 aromatic heterocycles. The lowest BCUT2D eigenvalue weighted by Gasteiger charge is -2.37. The van der Waals surface area contributed by atoms with Gasteiger partial charge in [-0.3, -0.25) is 0 Å². The van der Waals surface area contributed by atoms with Gasteiger partial charge in [-0.1, -0.05) is 115 Å². The van der Waals surface area contributed by atoms with Crippen LogP contribution in [0.5, 0.6) is 0 Å². The van der Waals surface area contributed by atoms with Gasteiger partial charge in [-0.05, 0) is 120 Å². The van der Waals surface area contributed by atoms with E-state index in [2.05, 4.69) is 163 Å². The van der Waals surface area contributed by atoms with Gasteiger partial charge in [0.05, 0.1) is 0 Å². The lowest BCUT2D eigenvalue weighted by molar-refractivity contribution is 0.598. The number of aryl methyl sites for hydroxylation is 1. The minimum Gasteiger partial charge on any atom is -0.455 e. The van der Waals surface area contributed by atoms with Crippen molar-refractivity contribution in [3.63, 3.8) is 0 Å². The minimum atomic E-state index is 0.366. The molecule has 0 aliphatic heterocycles. The first-order valence-corrected chi connectivity index (χ1v) is 18.9. The quantitative estimate of drug-likeness (QED) is 0.175. The van der Waals surface area contributed by atoms with Crippen molar-refractivity contribution in [2.45, 2.75) is 48.4 Å². The first-order valence-electron chi connectivity index (χ1n) is 18.0. The molecule has 0 radical (unpaired) electrons. The van der Waals surface area contributed by atoms with Gasteiger partial charge in [0.25, 0.3) is 0 Å². The molecule has 246 valence electrons. The molecule has 0 bridgehead atoms. The molecular formula is C48H37NOS. The van der Waals surface area contributed by atoms with Crippen LogP contribution in [0.4, 0.5) is 11.4 Å². The predicted molar refractivity (Wildman–Crippen MR) is 215 cm³/mol. The topological polar surface area (TPSA) is 16.4 Å². The van der Waals surface area contributed by atoms with Gasteiger partial charge < -0.3 is 9.32 Å². The number of hydrogen-bond acceptors (Lipinski definition) is 3. The Balaban J connectivity index is 1.01. The van der Waals surface area contributed by atoms with Crippen molar-refractivity contribution >= 4 is 61.4 Å². The molecule has 0 saturated carbocycles. The molecule has 0 saturated heterocycles. The van der Waals surface area contributed by atoms with Gasteiger partial charge in [-0.25, -0.2) is 0 Å². The maximum atomic E-state index is 6.46. The van der Waals surface area contributed by atoms with Crippen LogP contribution in [0.25, 0.3) is 49.4 Å². The third kappa shape index (κ3) is 5.18. The number of nitrogens with zero attached hydrogens (tertiary/aromatic N) is 1. The van der Waals surface area contributed by atoms with Crippen molar-refractivity contribution in [2.24, 2.45) is 0 Å². The van der Waals surface area contributed by atoms with Gasteiger partial charge in [0.1, 0.15) is 11.2 Å². The van der Waals surface area contributed by atoms with Gasteiger partial charge in [-0.15, -0.1) is 0 Å². The Morgan fingerprint density at radius 1 is 0.686 bits per heavy atom. The summed E-state index contributed by atoms with van der Waals surface area (Å²) in [6, 6.07) is 53.7. The van der Waals surface area contributed by atoms with E-state index in [0.717, 1.165) is 42.2 Å². The van der Waals surface area contributed by atoms with Crippen LogP contribution in [0.1, 0.15) is 41.5 Å². The van der Waals surface area contributed by atoms with E-state index in [0.29, 0.717) is 6.04 Å². The lowest BCUT2D eigenvalue weighted by Crippen LogP contribution is -2.32. The Morgan fingerprint density at radius 2 is 1.49 bits per heavy atom. The largest absolute Gasteiger partial charge is 0.455 e. The van der Waals surface area contributed by atoms with Crippen LogP contribution in [0.2, 0.25) is 0 Å². The molecule has 0 amide bonds. The molecular weight excluding hydrogens is 639 g/mol. The summed E-state index contributed by atoms with van der Waals surface area (Å²) < 4.78 is 6.46. The van der Waals surface area contributed by atoms with Crippen molar-refractivity contribution in [2.75, 3.05) is 4.90 Å². The lowest BCUT2D eigenvalue weighted by atomic mass is 9.89. The Kier molecular flexibility index (Phi) is 7.35. The second-order valence-corrected chi connectivity index (χ2v) is 15.1. The predicted octanol–water partition coefficient (Wildman–Crippen LogP) is 13.5. The number of anilines is 2. The minimum absolute atomic E-state index is 0.366. The van der Waals surface area contributed by atoms with Crippen LogP contribution < -0.4 is 4.90 Å². The zero-order valence-electron chi connectivity index (χ0n) is 28.6. The first kappa shape index (κ1) is 30.3. The van der Waals surface area contributed by atoms with E-state index in [4.69, 9.17) is 4.42 Å². The molecule has 0 N–H and O–H groups in total. The van der Waals surface area contributed by atoms with E-state index in [1.165, 1.54) is 76.3 Å². The SMILES string of the molecule is Cc1c(Sc2ccc(N(c3cccc4c3-c3ccccc3C4)C3CC=C(c4ccccc4)CC3)cc2)ccc2oc3c4ccccc4ccc3c12. The summed E-state index contributed by atoms with van der Waals surface area (Å²) in [5.74, 6) is 0. The number of rotatable bonds is 6. The summed E-state index contributed by atoms with van der Waals surface area (Å²) in [6.45, 7) is 2.24. The monoisotopic (exact) mass is 675 g/mol. The average molecular weight is 676 g/mol. The number of fused-ring (bicyclic) bond motifs is 8. The van der Waals surface area contributed by atoms with Crippen molar-refractivity contribution in [1.82, 2.24) is 0 Å². The van der Waals surface area contributed by atoms with Gasteiger partial charge >= 0.3 is 0 Å². The molecule has 1 unspecified atom stereocenters. The fraction of sp³-hybridized carbons (Fsp3) is 0.125. The first-order chi connectivity index (χ1) is 25.2. The van der Waals surface area contributed by atoms with Crippen LogP contribution in [0.15, 0.2) is 166 Å². The smallest absolute Gasteiger partial charge is 0.143 e. The highest BCUT2D eigenvalue weighted by molar-refractivity contribution is 7.99. The Labute approximate surface area is 303 Å². The Hall–Kier alpha value is -5.51. The zero-order valence-corrected chi connectivity index (χ0v) is 29.4. The number of allylic oxidation sites excluding steroid dienone is 1. The van der Waals surface area contributed by atoms with Crippen LogP contribution in [0.3, 0.4) is 0 Å². The molecule has 2 nitrogen and oxygen atoms in total. The van der Waals surface area contributed by atoms with E-state index in [-0.39, 0.29) is 0 Å². The van der Waals surface area contributed by atoms with E-state index in [1.54, 1.807) is 0 Å². The number of furan rings is 1. The van der Waals surface area contributed by atoms with E-state index >= 15 is 0 Å². The maximum Gasteiger partial charge on any atom is 0.143 e. The fourth-order valence-corrected chi connectivity index (χ4v) is 9.46. The average Bonchev–Trinajstić information content (AvgIpc) is 3.77. The fourth-order valence-electron chi connectivity index (χ4n) is 8.54. The highest BCUT2D eigenvalue weighted by Crippen LogP contribution is 2.47. The zero-order chi connectivity index (χ0) is 33.9. The molecule has 2 aliphatic rings. The Bertz CT molecular complexity index is 2630. The molecule has 1 atom stereocenters. The van der Waals surface area contributed by atoms with Gasteiger partial charge in [0, 0.05) is 48.9 Å². The highest BCUT2D eigenvalue weighted by atomic mass is 32.2. The van der Waals surface area contributed by atoms with Crippen LogP contribution in [0, 0.1) is 6.92 Å². The van der Waals surface area contributed by atoms with Crippen LogP contribution in [-0.4, -0.2) is 6.04 Å². The van der Waals surface area contributed by atoms with Crippen LogP contribution >= 0.6 is 11.8 Å². The normalized spacial score (nSPS) is 15.2. The third-order valence-corrected chi connectivity index (χ3v) is 12.2. The molecule has 0 spiro atoms. The Morgan fingerprint density at radius 3 is 2.35 bits per heavy atom. The summed E-state index contributed by atoms with van der Waals surface area (Å²) in [5.41, 5.74) is 14.2. The van der Waals surface area contributed by atoms with Crippen molar-refractivity contribution < 1.29 is 4.42 Å². The van der Waals surface area contributed by atoms with Crippen molar-refractivity contribution in [1.29, 1.82) is 0 Å². The molecule has 1 heterocycles. The van der Waals surface area contributed by atoms with E-state index in [9.17, 15) is 0 Å². The van der Waals surface area contributed by atoms with Crippen LogP contribution in [-0.2, 0) is 6.42 Å². The molecule has 2 aliphatic carbocycles. The second kappa shape index (κ2) is 12.4. The molecule has 7 aromatic carbocycles. The number of benzene rings is 7. The molecule has 0 fully saturated rings. The standard InChI is InChI=1S/C48H37NOS/c1-31-45(29-28-44-46(31)42-27-20-34-12-5-8-16-41(34)48(42)50-44)51-39-25-23-38(24-26-39)49(37-21-18-33(19-22-37)32-10-3-2-4-11-32)43-17-9-14-36-30-35-13-6-7-15-40(35)47(36)43/h2-18,20,23-29,37H,19,21-22,30H2,1H3. The van der Waals surface area contributed by atoms with Gasteiger partial charge in [0.2, 0.25) is 0 Å². The maximum absolute atomic E-state index is 6.46. The molecule has 3 heteroatoms.